The zero-order valence-electron chi connectivity index (χ0n) is 16.5. The van der Waals surface area contributed by atoms with Gasteiger partial charge in [0.2, 0.25) is 0 Å². The van der Waals surface area contributed by atoms with Crippen molar-refractivity contribution in [3.05, 3.63) is 42.5 Å². The molecule has 0 bridgehead atoms. The first-order valence-electron chi connectivity index (χ1n) is 9.37. The van der Waals surface area contributed by atoms with Gasteiger partial charge in [-0.2, -0.15) is 0 Å². The van der Waals surface area contributed by atoms with Gasteiger partial charge in [0.15, 0.2) is 12.3 Å². The molecule has 29 heavy (non-hydrogen) atoms. The van der Waals surface area contributed by atoms with Gasteiger partial charge < -0.3 is 39.6 Å². The number of benzene rings is 1. The monoisotopic (exact) mass is 411 g/mol. The molecule has 1 aliphatic rings. The highest BCUT2D eigenvalue weighted by Gasteiger charge is 2.20. The SMILES string of the molecule is C=CCOc1ccc(C(O)C(C)[NH2+]CCCC2OCCO2)cc1.O=C([O-])C(=O)O. The summed E-state index contributed by atoms with van der Waals surface area (Å²) in [5, 5.41) is 28.9. The molecule has 0 radical (unpaired) electrons. The first-order chi connectivity index (χ1) is 13.8. The summed E-state index contributed by atoms with van der Waals surface area (Å²) in [6.07, 6.45) is 3.10. The maximum Gasteiger partial charge on any atom is 0.351 e. The molecule has 1 heterocycles. The Morgan fingerprint density at radius 2 is 1.93 bits per heavy atom. The molecule has 9 nitrogen and oxygen atoms in total. The fraction of sp³-hybridized carbons (Fsp3) is 0.500. The second-order valence-electron chi connectivity index (χ2n) is 6.40. The summed E-state index contributed by atoms with van der Waals surface area (Å²) in [6, 6.07) is 7.68. The molecule has 1 aromatic carbocycles. The van der Waals surface area contributed by atoms with E-state index >= 15 is 0 Å². The minimum Gasteiger partial charge on any atom is -0.539 e. The molecular weight excluding hydrogens is 382 g/mol. The molecule has 0 aliphatic carbocycles. The van der Waals surface area contributed by atoms with E-state index in [9.17, 15) is 5.11 Å². The molecule has 1 aliphatic heterocycles. The third-order valence-corrected chi connectivity index (χ3v) is 4.14. The van der Waals surface area contributed by atoms with Crippen molar-refractivity contribution in [3.8, 4) is 5.75 Å². The number of rotatable bonds is 10. The van der Waals surface area contributed by atoms with Crippen molar-refractivity contribution in [1.29, 1.82) is 0 Å². The van der Waals surface area contributed by atoms with E-state index in [0.717, 1.165) is 30.7 Å². The minimum absolute atomic E-state index is 0.0354. The Bertz CT molecular complexity index is 616. The van der Waals surface area contributed by atoms with E-state index in [1.54, 1.807) is 6.08 Å². The highest BCUT2D eigenvalue weighted by atomic mass is 16.7. The van der Waals surface area contributed by atoms with Gasteiger partial charge in [-0.05, 0) is 24.6 Å². The van der Waals surface area contributed by atoms with Crippen LogP contribution in [0.2, 0.25) is 0 Å². The van der Waals surface area contributed by atoms with Crippen LogP contribution in [0.1, 0.15) is 31.4 Å². The van der Waals surface area contributed by atoms with E-state index in [2.05, 4.69) is 11.9 Å². The van der Waals surface area contributed by atoms with Gasteiger partial charge >= 0.3 is 5.97 Å². The molecule has 0 saturated carbocycles. The van der Waals surface area contributed by atoms with Gasteiger partial charge in [-0.25, -0.2) is 4.79 Å². The van der Waals surface area contributed by atoms with E-state index < -0.39 is 18.0 Å². The third kappa shape index (κ3) is 10.0. The number of hydrogen-bond acceptors (Lipinski definition) is 7. The van der Waals surface area contributed by atoms with Crippen LogP contribution in [-0.2, 0) is 19.1 Å². The van der Waals surface area contributed by atoms with Crippen molar-refractivity contribution in [1.82, 2.24) is 0 Å². The molecule has 4 N–H and O–H groups in total. The van der Waals surface area contributed by atoms with Crippen LogP contribution in [-0.4, -0.2) is 60.8 Å². The largest absolute Gasteiger partial charge is 0.539 e. The molecule has 2 rings (SSSR count). The van der Waals surface area contributed by atoms with Crippen molar-refractivity contribution in [3.63, 3.8) is 0 Å². The lowest BCUT2D eigenvalue weighted by Gasteiger charge is -2.18. The Balaban J connectivity index is 0.000000612. The van der Waals surface area contributed by atoms with Crippen molar-refractivity contribution >= 4 is 11.9 Å². The average molecular weight is 411 g/mol. The number of quaternary nitrogens is 1. The Morgan fingerprint density at radius 1 is 1.34 bits per heavy atom. The normalized spacial score (nSPS) is 15.7. The Labute approximate surface area is 169 Å². The zero-order valence-corrected chi connectivity index (χ0v) is 16.5. The minimum atomic E-state index is -2.07. The van der Waals surface area contributed by atoms with Gasteiger partial charge in [0, 0.05) is 12.8 Å². The van der Waals surface area contributed by atoms with Crippen LogP contribution in [0, 0.1) is 0 Å². The molecule has 2 atom stereocenters. The molecule has 2 unspecified atom stereocenters. The number of hydrogen-bond donors (Lipinski definition) is 3. The van der Waals surface area contributed by atoms with Crippen LogP contribution >= 0.6 is 0 Å². The van der Waals surface area contributed by atoms with Crippen molar-refractivity contribution in [2.75, 3.05) is 26.4 Å². The fourth-order valence-electron chi connectivity index (χ4n) is 2.59. The Hall–Kier alpha value is -2.46. The lowest BCUT2D eigenvalue weighted by atomic mass is 10.0. The summed E-state index contributed by atoms with van der Waals surface area (Å²) < 4.78 is 16.3. The lowest BCUT2D eigenvalue weighted by molar-refractivity contribution is -0.694. The molecular formula is C20H29NO8. The number of nitrogens with two attached hydrogens (primary N) is 1. The number of carbonyl (C=O) groups excluding carboxylic acids is 1. The summed E-state index contributed by atoms with van der Waals surface area (Å²) in [6.45, 7) is 8.50. The summed E-state index contributed by atoms with van der Waals surface area (Å²) in [5.74, 6) is -3.22. The summed E-state index contributed by atoms with van der Waals surface area (Å²) in [4.78, 5) is 18.0. The van der Waals surface area contributed by atoms with Crippen LogP contribution in [0.5, 0.6) is 5.75 Å². The number of carboxylic acid groups (broad SMARTS) is 2. The standard InChI is InChI=1S/C18H27NO4.C2H2O4/c1-3-11-21-16-8-6-15(7-9-16)18(20)14(2)19-10-4-5-17-22-12-13-23-17;3-1(4)2(5)6/h3,6-9,14,17-20H,1,4-5,10-13H2,2H3;(H,3,4)(H,5,6). The molecule has 0 aromatic heterocycles. The number of aliphatic hydroxyl groups is 1. The predicted molar refractivity (Wildman–Crippen MR) is 101 cm³/mol. The highest BCUT2D eigenvalue weighted by molar-refractivity contribution is 6.26. The molecule has 0 amide bonds. The van der Waals surface area contributed by atoms with Crippen LogP contribution in [0.3, 0.4) is 0 Å². The summed E-state index contributed by atoms with van der Waals surface area (Å²) in [7, 11) is 0. The number of ether oxygens (including phenoxy) is 3. The predicted octanol–water partition coefficient (Wildman–Crippen LogP) is -0.789. The fourth-order valence-corrected chi connectivity index (χ4v) is 2.59. The highest BCUT2D eigenvalue weighted by Crippen LogP contribution is 2.19. The quantitative estimate of drug-likeness (QED) is 0.258. The number of carboxylic acids is 2. The van der Waals surface area contributed by atoms with Crippen molar-refractivity contribution < 1.29 is 44.4 Å². The molecule has 1 aromatic rings. The molecule has 9 heteroatoms. The Kier molecular flexibility index (Phi) is 11.6. The molecule has 0 spiro atoms. The van der Waals surface area contributed by atoms with E-state index in [4.69, 9.17) is 34.0 Å². The van der Waals surface area contributed by atoms with Gasteiger partial charge in [-0.3, -0.25) is 0 Å². The third-order valence-electron chi connectivity index (χ3n) is 4.14. The molecule has 1 saturated heterocycles. The van der Waals surface area contributed by atoms with Crippen molar-refractivity contribution in [2.24, 2.45) is 0 Å². The van der Waals surface area contributed by atoms with Crippen molar-refractivity contribution in [2.45, 2.75) is 38.2 Å². The van der Waals surface area contributed by atoms with Gasteiger partial charge in [0.1, 0.15) is 24.5 Å². The maximum absolute atomic E-state index is 10.4. The summed E-state index contributed by atoms with van der Waals surface area (Å²) >= 11 is 0. The maximum atomic E-state index is 10.4. The second-order valence-corrected chi connectivity index (χ2v) is 6.40. The van der Waals surface area contributed by atoms with Gasteiger partial charge in [0.05, 0.1) is 19.8 Å². The van der Waals surface area contributed by atoms with Crippen LogP contribution in [0.4, 0.5) is 0 Å². The van der Waals surface area contributed by atoms with Gasteiger partial charge in [0.25, 0.3) is 0 Å². The first-order valence-corrected chi connectivity index (χ1v) is 9.37. The first kappa shape index (κ1) is 24.6. The zero-order chi connectivity index (χ0) is 21.6. The van der Waals surface area contributed by atoms with Gasteiger partial charge in [-0.1, -0.05) is 24.8 Å². The van der Waals surface area contributed by atoms with Crippen LogP contribution in [0.15, 0.2) is 36.9 Å². The van der Waals surface area contributed by atoms with E-state index in [0.29, 0.717) is 19.8 Å². The second kappa shape index (κ2) is 13.7. The molecule has 162 valence electrons. The average Bonchev–Trinajstić information content (AvgIpc) is 3.23. The number of aliphatic hydroxyl groups excluding tert-OH is 1. The van der Waals surface area contributed by atoms with Crippen LogP contribution < -0.4 is 15.2 Å². The van der Waals surface area contributed by atoms with E-state index in [1.165, 1.54) is 0 Å². The smallest absolute Gasteiger partial charge is 0.351 e. The molecule has 1 fully saturated rings. The topological polar surface area (TPSA) is 142 Å². The Morgan fingerprint density at radius 3 is 2.45 bits per heavy atom. The van der Waals surface area contributed by atoms with E-state index in [-0.39, 0.29) is 12.3 Å². The van der Waals surface area contributed by atoms with Gasteiger partial charge in [-0.15, -0.1) is 0 Å². The summed E-state index contributed by atoms with van der Waals surface area (Å²) in [5.41, 5.74) is 0.905. The van der Waals surface area contributed by atoms with Crippen LogP contribution in [0.25, 0.3) is 0 Å². The number of carbonyl (C=O) groups is 2. The number of aliphatic carboxylic acids is 2. The lowest BCUT2D eigenvalue weighted by Crippen LogP contribution is -2.90. The van der Waals surface area contributed by atoms with E-state index in [1.807, 2.05) is 31.2 Å².